The second kappa shape index (κ2) is 6.14. The summed E-state index contributed by atoms with van der Waals surface area (Å²) in [4.78, 5) is 28.1. The summed E-state index contributed by atoms with van der Waals surface area (Å²) in [6.45, 7) is 4.05. The van der Waals surface area contributed by atoms with Crippen LogP contribution in [0.2, 0.25) is 0 Å². The Morgan fingerprint density at radius 1 is 1.44 bits per heavy atom. The molecule has 0 bridgehead atoms. The van der Waals surface area contributed by atoms with Gasteiger partial charge in [-0.25, -0.2) is 9.78 Å². The van der Waals surface area contributed by atoms with Gasteiger partial charge in [0.15, 0.2) is 0 Å². The number of aromatic nitrogens is 1. The number of hydrogen-bond donors (Lipinski definition) is 1. The van der Waals surface area contributed by atoms with E-state index in [1.54, 1.807) is 11.9 Å². The molecule has 0 radical (unpaired) electrons. The highest BCUT2D eigenvalue weighted by molar-refractivity contribution is 5.94. The van der Waals surface area contributed by atoms with Gasteiger partial charge in [-0.2, -0.15) is 0 Å². The molecule has 0 aliphatic heterocycles. The molecule has 1 aromatic heterocycles. The quantitative estimate of drug-likeness (QED) is 0.868. The fraction of sp³-hybridized carbons (Fsp3) is 0.462. The molecule has 1 heterocycles. The number of rotatable bonds is 5. The number of carbonyl (C=O) groups is 2. The van der Waals surface area contributed by atoms with Gasteiger partial charge in [-0.15, -0.1) is 0 Å². The van der Waals surface area contributed by atoms with Crippen molar-refractivity contribution in [2.24, 2.45) is 0 Å². The van der Waals surface area contributed by atoms with Gasteiger partial charge >= 0.3 is 5.97 Å². The molecule has 0 saturated carbocycles. The summed E-state index contributed by atoms with van der Waals surface area (Å²) in [6.07, 6.45) is 3.25. The molecule has 98 valence electrons. The van der Waals surface area contributed by atoms with Gasteiger partial charge in [-0.3, -0.25) is 4.79 Å². The Bertz CT molecular complexity index is 428. The predicted molar refractivity (Wildman–Crippen MR) is 67.7 cm³/mol. The highest BCUT2D eigenvalue weighted by Gasteiger charge is 2.17. The second-order valence-corrected chi connectivity index (χ2v) is 4.29. The van der Waals surface area contributed by atoms with Crippen molar-refractivity contribution in [3.05, 3.63) is 29.6 Å². The van der Waals surface area contributed by atoms with Crippen LogP contribution in [0.4, 0.5) is 0 Å². The van der Waals surface area contributed by atoms with Gasteiger partial charge in [0.1, 0.15) is 5.69 Å². The van der Waals surface area contributed by atoms with Crippen LogP contribution in [0.5, 0.6) is 0 Å². The van der Waals surface area contributed by atoms with Crippen molar-refractivity contribution in [1.82, 2.24) is 9.88 Å². The zero-order chi connectivity index (χ0) is 13.7. The van der Waals surface area contributed by atoms with Crippen LogP contribution in [0.3, 0.4) is 0 Å². The topological polar surface area (TPSA) is 70.5 Å². The van der Waals surface area contributed by atoms with Gasteiger partial charge in [-0.1, -0.05) is 13.3 Å². The Balaban J connectivity index is 2.80. The van der Waals surface area contributed by atoms with Gasteiger partial charge in [0.25, 0.3) is 5.91 Å². The standard InChI is InChI=1S/C13H18N2O3/c1-4-5-9(2)15(3)12(16)10-6-7-11(13(17)18)14-8-10/h6-9H,4-5H2,1-3H3,(H,17,18). The zero-order valence-electron chi connectivity index (χ0n) is 10.9. The number of carbonyl (C=O) groups excluding carboxylic acids is 1. The lowest BCUT2D eigenvalue weighted by atomic mass is 10.1. The van der Waals surface area contributed by atoms with Crippen molar-refractivity contribution in [1.29, 1.82) is 0 Å². The van der Waals surface area contributed by atoms with E-state index in [0.717, 1.165) is 12.8 Å². The fourth-order valence-electron chi connectivity index (χ4n) is 1.66. The molecule has 1 atom stereocenters. The van der Waals surface area contributed by atoms with Crippen LogP contribution in [0.25, 0.3) is 0 Å². The first-order valence-electron chi connectivity index (χ1n) is 5.93. The van der Waals surface area contributed by atoms with E-state index < -0.39 is 5.97 Å². The normalized spacial score (nSPS) is 11.9. The smallest absolute Gasteiger partial charge is 0.354 e. The van der Waals surface area contributed by atoms with Gasteiger partial charge in [0.05, 0.1) is 5.56 Å². The highest BCUT2D eigenvalue weighted by atomic mass is 16.4. The number of pyridine rings is 1. The summed E-state index contributed by atoms with van der Waals surface area (Å²) in [6, 6.07) is 2.99. The Labute approximate surface area is 106 Å². The molecule has 0 spiro atoms. The lowest BCUT2D eigenvalue weighted by Crippen LogP contribution is -2.35. The Morgan fingerprint density at radius 2 is 2.11 bits per heavy atom. The van der Waals surface area contributed by atoms with E-state index in [4.69, 9.17) is 5.11 Å². The predicted octanol–water partition coefficient (Wildman–Crippen LogP) is 2.04. The molecule has 1 aromatic rings. The number of carboxylic acids is 1. The fourth-order valence-corrected chi connectivity index (χ4v) is 1.66. The monoisotopic (exact) mass is 250 g/mol. The summed E-state index contributed by atoms with van der Waals surface area (Å²) in [5, 5.41) is 8.72. The SMILES string of the molecule is CCCC(C)N(C)C(=O)c1ccc(C(=O)O)nc1. The van der Waals surface area contributed by atoms with E-state index in [0.29, 0.717) is 5.56 Å². The van der Waals surface area contributed by atoms with E-state index in [-0.39, 0.29) is 17.6 Å². The molecular formula is C13H18N2O3. The molecule has 0 aliphatic rings. The molecule has 0 fully saturated rings. The molecule has 1 rings (SSSR count). The minimum atomic E-state index is -1.10. The van der Waals surface area contributed by atoms with E-state index >= 15 is 0 Å². The van der Waals surface area contributed by atoms with Crippen molar-refractivity contribution in [2.45, 2.75) is 32.7 Å². The largest absolute Gasteiger partial charge is 0.477 e. The number of aromatic carboxylic acids is 1. The van der Waals surface area contributed by atoms with Crippen LogP contribution in [0.15, 0.2) is 18.3 Å². The molecular weight excluding hydrogens is 232 g/mol. The van der Waals surface area contributed by atoms with Gasteiger partial charge < -0.3 is 10.0 Å². The number of amides is 1. The molecule has 1 unspecified atom stereocenters. The summed E-state index contributed by atoms with van der Waals surface area (Å²) < 4.78 is 0. The zero-order valence-corrected chi connectivity index (χ0v) is 10.9. The molecule has 1 N–H and O–H groups in total. The summed E-state index contributed by atoms with van der Waals surface area (Å²) >= 11 is 0. The first-order chi connectivity index (χ1) is 8.47. The molecule has 0 aromatic carbocycles. The van der Waals surface area contributed by atoms with Crippen LogP contribution >= 0.6 is 0 Å². The van der Waals surface area contributed by atoms with Gasteiger partial charge in [0.2, 0.25) is 0 Å². The number of nitrogens with zero attached hydrogens (tertiary/aromatic N) is 2. The lowest BCUT2D eigenvalue weighted by molar-refractivity contribution is 0.0685. The van der Waals surface area contributed by atoms with E-state index in [1.807, 2.05) is 6.92 Å². The Hall–Kier alpha value is -1.91. The van der Waals surface area contributed by atoms with E-state index in [1.165, 1.54) is 18.3 Å². The van der Waals surface area contributed by atoms with Crippen molar-refractivity contribution in [3.63, 3.8) is 0 Å². The first kappa shape index (κ1) is 14.2. The van der Waals surface area contributed by atoms with Crippen molar-refractivity contribution >= 4 is 11.9 Å². The maximum absolute atomic E-state index is 12.1. The molecule has 1 amide bonds. The van der Waals surface area contributed by atoms with Gasteiger partial charge in [0, 0.05) is 19.3 Å². The van der Waals surface area contributed by atoms with Crippen LogP contribution < -0.4 is 0 Å². The van der Waals surface area contributed by atoms with Crippen LogP contribution in [-0.4, -0.2) is 40.0 Å². The highest BCUT2D eigenvalue weighted by Crippen LogP contribution is 2.10. The van der Waals surface area contributed by atoms with Crippen LogP contribution in [-0.2, 0) is 0 Å². The average Bonchev–Trinajstić information content (AvgIpc) is 2.37. The van der Waals surface area contributed by atoms with Crippen LogP contribution in [0.1, 0.15) is 47.5 Å². The third-order valence-electron chi connectivity index (χ3n) is 2.92. The number of carboxylic acid groups (broad SMARTS) is 1. The minimum Gasteiger partial charge on any atom is -0.477 e. The molecule has 5 heteroatoms. The van der Waals surface area contributed by atoms with Gasteiger partial charge in [-0.05, 0) is 25.5 Å². The molecule has 0 saturated heterocycles. The summed E-state index contributed by atoms with van der Waals surface area (Å²) in [7, 11) is 1.74. The Morgan fingerprint density at radius 3 is 2.56 bits per heavy atom. The third-order valence-corrected chi connectivity index (χ3v) is 2.92. The Kier molecular flexibility index (Phi) is 4.83. The van der Waals surface area contributed by atoms with E-state index in [9.17, 15) is 9.59 Å². The van der Waals surface area contributed by atoms with Crippen molar-refractivity contribution in [3.8, 4) is 0 Å². The van der Waals surface area contributed by atoms with E-state index in [2.05, 4.69) is 11.9 Å². The maximum atomic E-state index is 12.1. The summed E-state index contributed by atoms with van der Waals surface area (Å²) in [5.41, 5.74) is 0.348. The second-order valence-electron chi connectivity index (χ2n) is 4.29. The van der Waals surface area contributed by atoms with Crippen molar-refractivity contribution in [2.75, 3.05) is 7.05 Å². The average molecular weight is 250 g/mol. The molecule has 5 nitrogen and oxygen atoms in total. The maximum Gasteiger partial charge on any atom is 0.354 e. The third kappa shape index (κ3) is 3.29. The number of hydrogen-bond acceptors (Lipinski definition) is 3. The minimum absolute atomic E-state index is 0.0594. The van der Waals surface area contributed by atoms with Crippen molar-refractivity contribution < 1.29 is 14.7 Å². The summed E-state index contributed by atoms with van der Waals surface area (Å²) in [5.74, 6) is -1.23. The molecule has 18 heavy (non-hydrogen) atoms. The first-order valence-corrected chi connectivity index (χ1v) is 5.93. The lowest BCUT2D eigenvalue weighted by Gasteiger charge is -2.24. The van der Waals surface area contributed by atoms with Crippen LogP contribution in [0, 0.1) is 0 Å². The molecule has 0 aliphatic carbocycles.